The Labute approximate surface area is 157 Å². The van der Waals surface area contributed by atoms with Gasteiger partial charge in [-0.15, -0.1) is 0 Å². The first kappa shape index (κ1) is 16.8. The molecule has 2 aromatic heterocycles. The van der Waals surface area contributed by atoms with Crippen LogP contribution in [0.1, 0.15) is 15.9 Å². The normalized spacial score (nSPS) is 10.7. The third kappa shape index (κ3) is 3.98. The van der Waals surface area contributed by atoms with E-state index in [2.05, 4.69) is 32.7 Å². The number of hydrogen-bond acceptors (Lipinski definition) is 3. The second-order valence-corrected chi connectivity index (χ2v) is 6.29. The van der Waals surface area contributed by atoms with E-state index in [1.165, 1.54) is 10.9 Å². The molecule has 27 heavy (non-hydrogen) atoms. The molecular weight excluding hydrogens is 336 g/mol. The van der Waals surface area contributed by atoms with Crippen LogP contribution in [0, 0.1) is 0 Å². The summed E-state index contributed by atoms with van der Waals surface area (Å²) in [5.41, 5.74) is 3.75. The van der Waals surface area contributed by atoms with Gasteiger partial charge < -0.3 is 15.6 Å². The zero-order valence-corrected chi connectivity index (χ0v) is 14.8. The quantitative estimate of drug-likeness (QED) is 0.477. The van der Waals surface area contributed by atoms with E-state index < -0.39 is 0 Å². The number of amides is 1. The SMILES string of the molecule is O=C(Nc1ccccc1)c1ccnc(NCCc2c[nH]c3ccccc23)c1. The number of carbonyl (C=O) groups excluding carboxylic acids is 1. The van der Waals surface area contributed by atoms with Gasteiger partial charge in [0.05, 0.1) is 0 Å². The van der Waals surface area contributed by atoms with E-state index in [9.17, 15) is 4.79 Å². The molecule has 5 nitrogen and oxygen atoms in total. The van der Waals surface area contributed by atoms with Crippen molar-refractivity contribution in [3.05, 3.63) is 90.3 Å². The van der Waals surface area contributed by atoms with Crippen LogP contribution in [0.4, 0.5) is 11.5 Å². The lowest BCUT2D eigenvalue weighted by Crippen LogP contribution is -2.13. The highest BCUT2D eigenvalue weighted by Gasteiger charge is 2.08. The molecule has 5 heteroatoms. The Morgan fingerprint density at radius 1 is 1.00 bits per heavy atom. The lowest BCUT2D eigenvalue weighted by Gasteiger charge is -2.08. The van der Waals surface area contributed by atoms with Gasteiger partial charge in [0.2, 0.25) is 0 Å². The van der Waals surface area contributed by atoms with Crippen molar-refractivity contribution in [2.24, 2.45) is 0 Å². The Hall–Kier alpha value is -3.60. The van der Waals surface area contributed by atoms with Crippen molar-refractivity contribution in [3.8, 4) is 0 Å². The number of pyridine rings is 1. The van der Waals surface area contributed by atoms with E-state index in [1.807, 2.05) is 48.7 Å². The third-order valence-corrected chi connectivity index (χ3v) is 4.43. The number of aromatic amines is 1. The molecule has 0 unspecified atom stereocenters. The van der Waals surface area contributed by atoms with Crippen molar-refractivity contribution >= 4 is 28.3 Å². The standard InChI is InChI=1S/C22H20N4O/c27-22(26-18-6-2-1-3-7-18)16-10-12-23-21(14-16)24-13-11-17-15-25-20-9-5-4-8-19(17)20/h1-10,12,14-15,25H,11,13H2,(H,23,24)(H,26,27). The number of hydrogen-bond donors (Lipinski definition) is 3. The fourth-order valence-corrected chi connectivity index (χ4v) is 3.06. The third-order valence-electron chi connectivity index (χ3n) is 4.43. The van der Waals surface area contributed by atoms with E-state index >= 15 is 0 Å². The number of para-hydroxylation sites is 2. The molecule has 0 aliphatic rings. The molecule has 0 radical (unpaired) electrons. The molecular formula is C22H20N4O. The molecule has 2 heterocycles. The number of aromatic nitrogens is 2. The summed E-state index contributed by atoms with van der Waals surface area (Å²) in [7, 11) is 0. The fraction of sp³-hybridized carbons (Fsp3) is 0.0909. The molecule has 0 aliphatic carbocycles. The molecule has 0 saturated carbocycles. The van der Waals surface area contributed by atoms with Crippen molar-refractivity contribution in [2.75, 3.05) is 17.2 Å². The summed E-state index contributed by atoms with van der Waals surface area (Å²) >= 11 is 0. The summed E-state index contributed by atoms with van der Waals surface area (Å²) in [4.78, 5) is 20.0. The molecule has 0 aliphatic heterocycles. The number of H-pyrrole nitrogens is 1. The number of rotatable bonds is 6. The number of fused-ring (bicyclic) bond motifs is 1. The van der Waals surface area contributed by atoms with Gasteiger partial charge in [0.25, 0.3) is 5.91 Å². The second kappa shape index (κ2) is 7.74. The molecule has 4 rings (SSSR count). The van der Waals surface area contributed by atoms with Crippen LogP contribution in [0.2, 0.25) is 0 Å². The van der Waals surface area contributed by atoms with Gasteiger partial charge in [-0.2, -0.15) is 0 Å². The lowest BCUT2D eigenvalue weighted by molar-refractivity contribution is 0.102. The topological polar surface area (TPSA) is 69.8 Å². The van der Waals surface area contributed by atoms with Crippen LogP contribution in [0.5, 0.6) is 0 Å². The van der Waals surface area contributed by atoms with E-state index in [0.29, 0.717) is 11.4 Å². The zero-order valence-electron chi connectivity index (χ0n) is 14.8. The molecule has 134 valence electrons. The van der Waals surface area contributed by atoms with Crippen molar-refractivity contribution in [2.45, 2.75) is 6.42 Å². The van der Waals surface area contributed by atoms with Gasteiger partial charge in [-0.3, -0.25) is 4.79 Å². The summed E-state index contributed by atoms with van der Waals surface area (Å²) < 4.78 is 0. The first-order valence-electron chi connectivity index (χ1n) is 8.91. The van der Waals surface area contributed by atoms with Gasteiger partial charge in [0.1, 0.15) is 5.82 Å². The zero-order chi connectivity index (χ0) is 18.5. The highest BCUT2D eigenvalue weighted by molar-refractivity contribution is 6.04. The molecule has 0 saturated heterocycles. The highest BCUT2D eigenvalue weighted by Crippen LogP contribution is 2.18. The summed E-state index contributed by atoms with van der Waals surface area (Å²) in [6, 6.07) is 21.2. The number of nitrogens with one attached hydrogen (secondary N) is 3. The number of benzene rings is 2. The Bertz CT molecular complexity index is 1060. The van der Waals surface area contributed by atoms with Crippen molar-refractivity contribution in [1.29, 1.82) is 0 Å². The average Bonchev–Trinajstić information content (AvgIpc) is 3.12. The van der Waals surface area contributed by atoms with Crippen LogP contribution in [0.15, 0.2) is 79.1 Å². The molecule has 1 amide bonds. The van der Waals surface area contributed by atoms with Crippen LogP contribution in [0.3, 0.4) is 0 Å². The minimum Gasteiger partial charge on any atom is -0.370 e. The molecule has 2 aromatic carbocycles. The minimum absolute atomic E-state index is 0.150. The maximum absolute atomic E-state index is 12.4. The summed E-state index contributed by atoms with van der Waals surface area (Å²) in [5.74, 6) is 0.541. The summed E-state index contributed by atoms with van der Waals surface area (Å²) in [6.07, 6.45) is 4.56. The molecule has 0 fully saturated rings. The van der Waals surface area contributed by atoms with Crippen molar-refractivity contribution in [1.82, 2.24) is 9.97 Å². The van der Waals surface area contributed by atoms with E-state index in [4.69, 9.17) is 0 Å². The number of nitrogens with zero attached hydrogens (tertiary/aromatic N) is 1. The lowest BCUT2D eigenvalue weighted by atomic mass is 10.1. The van der Waals surface area contributed by atoms with E-state index in [-0.39, 0.29) is 5.91 Å². The van der Waals surface area contributed by atoms with Gasteiger partial charge in [-0.25, -0.2) is 4.98 Å². The Balaban J connectivity index is 1.38. The monoisotopic (exact) mass is 356 g/mol. The van der Waals surface area contributed by atoms with Crippen LogP contribution in [-0.4, -0.2) is 22.4 Å². The number of anilines is 2. The van der Waals surface area contributed by atoms with Gasteiger partial charge >= 0.3 is 0 Å². The second-order valence-electron chi connectivity index (χ2n) is 6.29. The molecule has 0 spiro atoms. The van der Waals surface area contributed by atoms with E-state index in [0.717, 1.165) is 24.2 Å². The average molecular weight is 356 g/mol. The van der Waals surface area contributed by atoms with Gasteiger partial charge in [-0.05, 0) is 42.3 Å². The highest BCUT2D eigenvalue weighted by atomic mass is 16.1. The molecule has 0 atom stereocenters. The minimum atomic E-state index is -0.150. The van der Waals surface area contributed by atoms with Gasteiger partial charge in [0.15, 0.2) is 0 Å². The molecule has 4 aromatic rings. The smallest absolute Gasteiger partial charge is 0.255 e. The molecule has 3 N–H and O–H groups in total. The Morgan fingerprint density at radius 3 is 2.70 bits per heavy atom. The first-order chi connectivity index (χ1) is 13.3. The van der Waals surface area contributed by atoms with E-state index in [1.54, 1.807) is 18.3 Å². The maximum Gasteiger partial charge on any atom is 0.255 e. The van der Waals surface area contributed by atoms with Crippen molar-refractivity contribution < 1.29 is 4.79 Å². The number of carbonyl (C=O) groups is 1. The predicted molar refractivity (Wildman–Crippen MR) is 109 cm³/mol. The van der Waals surface area contributed by atoms with Crippen molar-refractivity contribution in [3.63, 3.8) is 0 Å². The fourth-order valence-electron chi connectivity index (χ4n) is 3.06. The summed E-state index contributed by atoms with van der Waals surface area (Å²) in [6.45, 7) is 0.735. The van der Waals surface area contributed by atoms with Gasteiger partial charge in [-0.1, -0.05) is 36.4 Å². The summed E-state index contributed by atoms with van der Waals surface area (Å²) in [5, 5.41) is 7.43. The first-order valence-corrected chi connectivity index (χ1v) is 8.91. The van der Waals surface area contributed by atoms with Crippen LogP contribution in [0.25, 0.3) is 10.9 Å². The Kier molecular flexibility index (Phi) is 4.83. The van der Waals surface area contributed by atoms with Gasteiger partial charge in [0, 0.05) is 41.1 Å². The predicted octanol–water partition coefficient (Wildman–Crippen LogP) is 4.47. The Morgan fingerprint density at radius 2 is 1.81 bits per heavy atom. The largest absolute Gasteiger partial charge is 0.370 e. The van der Waals surface area contributed by atoms with Crippen LogP contribution < -0.4 is 10.6 Å². The van der Waals surface area contributed by atoms with Crippen LogP contribution in [-0.2, 0) is 6.42 Å². The maximum atomic E-state index is 12.4. The van der Waals surface area contributed by atoms with Crippen LogP contribution >= 0.6 is 0 Å². The molecule has 0 bridgehead atoms.